The normalized spacial score (nSPS) is 13.8. The Hall–Kier alpha value is -2.71. The average Bonchev–Trinajstić information content (AvgIpc) is 3.30. The first-order chi connectivity index (χ1) is 13.3. The Labute approximate surface area is 160 Å². The number of rotatable bonds is 5. The zero-order valence-electron chi connectivity index (χ0n) is 14.8. The van der Waals surface area contributed by atoms with Crippen LogP contribution in [-0.4, -0.2) is 33.3 Å². The van der Waals surface area contributed by atoms with Gasteiger partial charge in [0.25, 0.3) is 0 Å². The van der Waals surface area contributed by atoms with Gasteiger partial charge in [0.2, 0.25) is 0 Å². The Morgan fingerprint density at radius 2 is 2.15 bits per heavy atom. The number of nitrogens with one attached hydrogen (secondary N) is 2. The standard InChI is InChI=1S/C19H20N6OS/c20-5-6-26-15-8-13-11(9-23-25-13)7-14(15)24-18-17-12-3-1-2-4-16(12)27-19(17)22-10-21-18/h7-10H,1-6,20H2,(H,23,25)(H,21,22,24). The summed E-state index contributed by atoms with van der Waals surface area (Å²) in [5, 5.41) is 12.7. The van der Waals surface area contributed by atoms with Crippen molar-refractivity contribution in [3.8, 4) is 5.75 Å². The molecule has 1 aromatic carbocycles. The number of ether oxygens (including phenoxy) is 1. The minimum Gasteiger partial charge on any atom is -0.490 e. The van der Waals surface area contributed by atoms with E-state index in [1.807, 2.05) is 12.1 Å². The maximum Gasteiger partial charge on any atom is 0.145 e. The molecule has 8 heteroatoms. The highest BCUT2D eigenvalue weighted by Gasteiger charge is 2.20. The van der Waals surface area contributed by atoms with Crippen LogP contribution in [0, 0.1) is 0 Å². The number of nitrogens with two attached hydrogens (primary N) is 1. The third-order valence-electron chi connectivity index (χ3n) is 4.92. The van der Waals surface area contributed by atoms with Crippen LogP contribution in [0.15, 0.2) is 24.7 Å². The lowest BCUT2D eigenvalue weighted by atomic mass is 9.97. The molecular formula is C19H20N6OS. The van der Waals surface area contributed by atoms with E-state index in [1.165, 1.54) is 23.3 Å². The fourth-order valence-electron chi connectivity index (χ4n) is 3.67. The van der Waals surface area contributed by atoms with Gasteiger partial charge in [-0.3, -0.25) is 5.10 Å². The van der Waals surface area contributed by atoms with Gasteiger partial charge < -0.3 is 15.8 Å². The maximum atomic E-state index is 5.87. The molecule has 4 N–H and O–H groups in total. The van der Waals surface area contributed by atoms with E-state index in [9.17, 15) is 0 Å². The van der Waals surface area contributed by atoms with E-state index < -0.39 is 0 Å². The smallest absolute Gasteiger partial charge is 0.145 e. The van der Waals surface area contributed by atoms with Gasteiger partial charge in [0, 0.05) is 22.9 Å². The number of hydrogen-bond acceptors (Lipinski definition) is 7. The number of nitrogens with zero attached hydrogens (tertiary/aromatic N) is 3. The summed E-state index contributed by atoms with van der Waals surface area (Å²) in [6.45, 7) is 0.900. The first-order valence-corrected chi connectivity index (χ1v) is 9.97. The molecule has 0 bridgehead atoms. The number of benzene rings is 1. The maximum absolute atomic E-state index is 5.87. The minimum atomic E-state index is 0.446. The number of thiophene rings is 1. The summed E-state index contributed by atoms with van der Waals surface area (Å²) < 4.78 is 5.87. The van der Waals surface area contributed by atoms with E-state index in [1.54, 1.807) is 23.9 Å². The molecule has 7 nitrogen and oxygen atoms in total. The topological polar surface area (TPSA) is 102 Å². The quantitative estimate of drug-likeness (QED) is 0.490. The van der Waals surface area contributed by atoms with Gasteiger partial charge in [-0.25, -0.2) is 9.97 Å². The summed E-state index contributed by atoms with van der Waals surface area (Å²) in [6, 6.07) is 3.97. The van der Waals surface area contributed by atoms with Crippen molar-refractivity contribution in [2.24, 2.45) is 5.73 Å². The number of anilines is 2. The molecule has 0 fully saturated rings. The van der Waals surface area contributed by atoms with Gasteiger partial charge >= 0.3 is 0 Å². The highest BCUT2D eigenvalue weighted by Crippen LogP contribution is 2.40. The molecule has 0 saturated heterocycles. The Bertz CT molecular complexity index is 1120. The SMILES string of the molecule is NCCOc1cc2[nH]ncc2cc1Nc1ncnc2sc3c(c12)CCCC3. The zero-order valence-corrected chi connectivity index (χ0v) is 15.6. The summed E-state index contributed by atoms with van der Waals surface area (Å²) >= 11 is 1.79. The molecule has 0 unspecified atom stereocenters. The summed E-state index contributed by atoms with van der Waals surface area (Å²) in [6.07, 6.45) is 8.14. The Morgan fingerprint density at radius 1 is 1.22 bits per heavy atom. The second-order valence-corrected chi connectivity index (χ2v) is 7.76. The molecule has 0 aliphatic heterocycles. The second-order valence-electron chi connectivity index (χ2n) is 6.68. The first-order valence-electron chi connectivity index (χ1n) is 9.16. The van der Waals surface area contributed by atoms with Gasteiger partial charge in [0.1, 0.15) is 29.3 Å². The predicted octanol–water partition coefficient (Wildman–Crippen LogP) is 3.53. The highest BCUT2D eigenvalue weighted by molar-refractivity contribution is 7.19. The van der Waals surface area contributed by atoms with E-state index in [4.69, 9.17) is 10.5 Å². The van der Waals surface area contributed by atoms with Crippen LogP contribution in [0.5, 0.6) is 5.75 Å². The van der Waals surface area contributed by atoms with Gasteiger partial charge in [-0.05, 0) is 37.3 Å². The zero-order chi connectivity index (χ0) is 18.2. The van der Waals surface area contributed by atoms with Crippen LogP contribution >= 0.6 is 11.3 Å². The van der Waals surface area contributed by atoms with Crippen LogP contribution in [0.3, 0.4) is 0 Å². The predicted molar refractivity (Wildman–Crippen MR) is 108 cm³/mol. The lowest BCUT2D eigenvalue weighted by Crippen LogP contribution is -2.11. The van der Waals surface area contributed by atoms with Crippen molar-refractivity contribution >= 4 is 44.0 Å². The molecule has 0 atom stereocenters. The number of aromatic nitrogens is 4. The van der Waals surface area contributed by atoms with E-state index in [0.29, 0.717) is 13.2 Å². The van der Waals surface area contributed by atoms with E-state index >= 15 is 0 Å². The molecule has 1 aliphatic rings. The molecule has 5 rings (SSSR count). The molecule has 3 aromatic heterocycles. The van der Waals surface area contributed by atoms with Gasteiger partial charge in [0.15, 0.2) is 0 Å². The summed E-state index contributed by atoms with van der Waals surface area (Å²) in [7, 11) is 0. The van der Waals surface area contributed by atoms with Crippen molar-refractivity contribution in [3.05, 3.63) is 35.1 Å². The molecule has 4 aromatic rings. The van der Waals surface area contributed by atoms with Crippen LogP contribution in [0.1, 0.15) is 23.3 Å². The molecule has 0 saturated carbocycles. The fraction of sp³-hybridized carbons (Fsp3) is 0.316. The molecule has 3 heterocycles. The molecule has 0 amide bonds. The van der Waals surface area contributed by atoms with Crippen LogP contribution in [0.25, 0.3) is 21.1 Å². The molecule has 0 spiro atoms. The van der Waals surface area contributed by atoms with Crippen molar-refractivity contribution in [1.29, 1.82) is 0 Å². The number of hydrogen-bond donors (Lipinski definition) is 3. The van der Waals surface area contributed by atoms with Crippen molar-refractivity contribution < 1.29 is 4.74 Å². The van der Waals surface area contributed by atoms with Crippen LogP contribution in [-0.2, 0) is 12.8 Å². The third kappa shape index (κ3) is 2.90. The van der Waals surface area contributed by atoms with Crippen LogP contribution in [0.4, 0.5) is 11.5 Å². The summed E-state index contributed by atoms with van der Waals surface area (Å²) in [5.74, 6) is 1.56. The largest absolute Gasteiger partial charge is 0.490 e. The number of aromatic amines is 1. The van der Waals surface area contributed by atoms with Crippen LogP contribution < -0.4 is 15.8 Å². The van der Waals surface area contributed by atoms with E-state index in [-0.39, 0.29) is 0 Å². The Balaban J connectivity index is 1.61. The van der Waals surface area contributed by atoms with Crippen molar-refractivity contribution in [1.82, 2.24) is 20.2 Å². The average molecular weight is 380 g/mol. The van der Waals surface area contributed by atoms with Crippen molar-refractivity contribution in [2.45, 2.75) is 25.7 Å². The summed E-state index contributed by atoms with van der Waals surface area (Å²) in [5.41, 5.74) is 8.80. The highest BCUT2D eigenvalue weighted by atomic mass is 32.1. The van der Waals surface area contributed by atoms with Crippen molar-refractivity contribution in [2.75, 3.05) is 18.5 Å². The molecule has 27 heavy (non-hydrogen) atoms. The minimum absolute atomic E-state index is 0.446. The van der Waals surface area contributed by atoms with Gasteiger partial charge in [-0.1, -0.05) is 0 Å². The fourth-order valence-corrected chi connectivity index (χ4v) is 4.90. The Morgan fingerprint density at radius 3 is 3.07 bits per heavy atom. The lowest BCUT2D eigenvalue weighted by Gasteiger charge is -2.15. The second kappa shape index (κ2) is 6.79. The number of H-pyrrole nitrogens is 1. The molecular weight excluding hydrogens is 360 g/mol. The van der Waals surface area contributed by atoms with Gasteiger partial charge in [-0.2, -0.15) is 5.10 Å². The first kappa shape index (κ1) is 16.5. The summed E-state index contributed by atoms with van der Waals surface area (Å²) in [4.78, 5) is 11.6. The number of fused-ring (bicyclic) bond motifs is 4. The van der Waals surface area contributed by atoms with E-state index in [0.717, 1.165) is 51.2 Å². The van der Waals surface area contributed by atoms with Gasteiger partial charge in [0.05, 0.1) is 22.8 Å². The Kier molecular flexibility index (Phi) is 4.14. The lowest BCUT2D eigenvalue weighted by molar-refractivity contribution is 0.330. The molecule has 0 radical (unpaired) electrons. The van der Waals surface area contributed by atoms with Crippen LogP contribution in [0.2, 0.25) is 0 Å². The monoisotopic (exact) mass is 380 g/mol. The molecule has 1 aliphatic carbocycles. The number of aryl methyl sites for hydroxylation is 2. The van der Waals surface area contributed by atoms with Gasteiger partial charge in [-0.15, -0.1) is 11.3 Å². The van der Waals surface area contributed by atoms with Crippen molar-refractivity contribution in [3.63, 3.8) is 0 Å². The third-order valence-corrected chi connectivity index (χ3v) is 6.12. The van der Waals surface area contributed by atoms with E-state index in [2.05, 4.69) is 25.5 Å². The molecule has 138 valence electrons.